The van der Waals surface area contributed by atoms with Crippen molar-refractivity contribution in [2.45, 2.75) is 19.9 Å². The molecule has 0 aliphatic carbocycles. The Hall–Kier alpha value is -1.91. The molecule has 25 heavy (non-hydrogen) atoms. The fourth-order valence-corrected chi connectivity index (χ4v) is 3.27. The van der Waals surface area contributed by atoms with Crippen molar-refractivity contribution in [1.29, 1.82) is 0 Å². The summed E-state index contributed by atoms with van der Waals surface area (Å²) in [6.45, 7) is 3.00. The van der Waals surface area contributed by atoms with Crippen LogP contribution in [0.5, 0.6) is 0 Å². The first-order valence-electron chi connectivity index (χ1n) is 7.41. The van der Waals surface area contributed by atoms with Crippen molar-refractivity contribution in [1.82, 2.24) is 20.1 Å². The van der Waals surface area contributed by atoms with E-state index in [4.69, 9.17) is 23.8 Å². The summed E-state index contributed by atoms with van der Waals surface area (Å²) in [6, 6.07) is 4.38. The number of hydrogen-bond acceptors (Lipinski definition) is 5. The summed E-state index contributed by atoms with van der Waals surface area (Å²) in [5, 5.41) is 9.80. The lowest BCUT2D eigenvalue weighted by Gasteiger charge is -2.10. The SMILES string of the molecule is CCn1c(CCNC(=O)c2ccc(Cl)c(NS(C)(=O)=O)c2)n[nH]c1=S. The van der Waals surface area contributed by atoms with Crippen LogP contribution in [0, 0.1) is 4.77 Å². The van der Waals surface area contributed by atoms with Gasteiger partial charge in [0.1, 0.15) is 5.82 Å². The number of amides is 1. The monoisotopic (exact) mass is 403 g/mol. The van der Waals surface area contributed by atoms with E-state index < -0.39 is 10.0 Å². The zero-order valence-corrected chi connectivity index (χ0v) is 16.1. The maximum atomic E-state index is 12.2. The summed E-state index contributed by atoms with van der Waals surface area (Å²) < 4.78 is 27.3. The van der Waals surface area contributed by atoms with Crippen molar-refractivity contribution in [2.75, 3.05) is 17.5 Å². The largest absolute Gasteiger partial charge is 0.352 e. The molecule has 11 heteroatoms. The Kier molecular flexibility index (Phi) is 6.20. The van der Waals surface area contributed by atoms with Crippen molar-refractivity contribution >= 4 is 45.4 Å². The first kappa shape index (κ1) is 19.4. The number of hydrogen-bond donors (Lipinski definition) is 3. The highest BCUT2D eigenvalue weighted by molar-refractivity contribution is 7.92. The number of sulfonamides is 1. The summed E-state index contributed by atoms with van der Waals surface area (Å²) in [5.74, 6) is 0.411. The van der Waals surface area contributed by atoms with Gasteiger partial charge in [-0.1, -0.05) is 11.6 Å². The molecule has 3 N–H and O–H groups in total. The fraction of sp³-hybridized carbons (Fsp3) is 0.357. The lowest BCUT2D eigenvalue weighted by atomic mass is 10.2. The number of H-pyrrole nitrogens is 1. The van der Waals surface area contributed by atoms with Gasteiger partial charge in [0.2, 0.25) is 10.0 Å². The van der Waals surface area contributed by atoms with Crippen molar-refractivity contribution in [3.05, 3.63) is 39.4 Å². The molecule has 2 aromatic rings. The van der Waals surface area contributed by atoms with E-state index >= 15 is 0 Å². The molecule has 1 amide bonds. The molecule has 136 valence electrons. The summed E-state index contributed by atoms with van der Waals surface area (Å²) in [7, 11) is -3.49. The maximum Gasteiger partial charge on any atom is 0.251 e. The Balaban J connectivity index is 2.03. The van der Waals surface area contributed by atoms with E-state index in [0.29, 0.717) is 29.8 Å². The lowest BCUT2D eigenvalue weighted by Crippen LogP contribution is -2.26. The molecule has 1 heterocycles. The van der Waals surface area contributed by atoms with Gasteiger partial charge in [-0.2, -0.15) is 5.10 Å². The molecule has 0 unspecified atom stereocenters. The third-order valence-corrected chi connectivity index (χ3v) is 4.54. The van der Waals surface area contributed by atoms with Crippen LogP contribution in [0.25, 0.3) is 0 Å². The van der Waals surface area contributed by atoms with E-state index in [9.17, 15) is 13.2 Å². The van der Waals surface area contributed by atoms with Crippen LogP contribution >= 0.6 is 23.8 Å². The van der Waals surface area contributed by atoms with Gasteiger partial charge in [0.25, 0.3) is 5.91 Å². The Bertz CT molecular complexity index is 936. The van der Waals surface area contributed by atoms with Gasteiger partial charge in [0.15, 0.2) is 4.77 Å². The van der Waals surface area contributed by atoms with Crippen molar-refractivity contribution in [2.24, 2.45) is 0 Å². The molecule has 0 saturated carbocycles. The highest BCUT2D eigenvalue weighted by atomic mass is 35.5. The van der Waals surface area contributed by atoms with E-state index in [1.54, 1.807) is 0 Å². The Morgan fingerprint density at radius 1 is 1.44 bits per heavy atom. The van der Waals surface area contributed by atoms with Crippen LogP contribution in [0.2, 0.25) is 5.02 Å². The highest BCUT2D eigenvalue weighted by Gasteiger charge is 2.12. The molecule has 0 spiro atoms. The topological polar surface area (TPSA) is 109 Å². The number of aromatic nitrogens is 3. The quantitative estimate of drug-likeness (QED) is 0.612. The van der Waals surface area contributed by atoms with Gasteiger partial charge >= 0.3 is 0 Å². The standard InChI is InChI=1S/C14H18ClN5O3S2/c1-3-20-12(17-18-14(20)24)6-7-16-13(21)9-4-5-10(15)11(8-9)19-25(2,22)23/h4-5,8,19H,3,6-7H2,1-2H3,(H,16,21)(H,18,24). The molecule has 1 aromatic carbocycles. The molecule has 8 nitrogen and oxygen atoms in total. The summed E-state index contributed by atoms with van der Waals surface area (Å²) in [4.78, 5) is 12.2. The first-order valence-corrected chi connectivity index (χ1v) is 10.1. The number of anilines is 1. The van der Waals surface area contributed by atoms with Gasteiger partial charge < -0.3 is 9.88 Å². The number of rotatable bonds is 7. The van der Waals surface area contributed by atoms with E-state index in [0.717, 1.165) is 12.1 Å². The Labute approximate surface area is 155 Å². The van der Waals surface area contributed by atoms with Crippen LogP contribution in [0.4, 0.5) is 5.69 Å². The van der Waals surface area contributed by atoms with E-state index in [1.807, 2.05) is 11.5 Å². The number of nitrogens with one attached hydrogen (secondary N) is 3. The molecule has 0 aliphatic heterocycles. The molecule has 1 aromatic heterocycles. The van der Waals surface area contributed by atoms with E-state index in [1.165, 1.54) is 18.2 Å². The normalized spacial score (nSPS) is 11.3. The van der Waals surface area contributed by atoms with Gasteiger partial charge in [0.05, 0.1) is 17.0 Å². The average molecular weight is 404 g/mol. The van der Waals surface area contributed by atoms with E-state index in [-0.39, 0.29) is 16.6 Å². The number of nitrogens with zero attached hydrogens (tertiary/aromatic N) is 2. The Morgan fingerprint density at radius 3 is 2.80 bits per heavy atom. The number of aromatic amines is 1. The van der Waals surface area contributed by atoms with E-state index in [2.05, 4.69) is 20.2 Å². The van der Waals surface area contributed by atoms with Crippen molar-refractivity contribution in [3.63, 3.8) is 0 Å². The molecule has 0 bridgehead atoms. The van der Waals surface area contributed by atoms with Gasteiger partial charge in [-0.3, -0.25) is 14.6 Å². The van der Waals surface area contributed by atoms with Gasteiger partial charge in [-0.25, -0.2) is 8.42 Å². The second-order valence-corrected chi connectivity index (χ2v) is 7.81. The second-order valence-electron chi connectivity index (χ2n) is 5.26. The molecule has 0 fully saturated rings. The first-order chi connectivity index (χ1) is 11.7. The summed E-state index contributed by atoms with van der Waals surface area (Å²) >= 11 is 11.1. The number of benzene rings is 1. The van der Waals surface area contributed by atoms with Crippen molar-refractivity contribution < 1.29 is 13.2 Å². The molecule has 0 saturated heterocycles. The molecular formula is C14H18ClN5O3S2. The molecule has 2 rings (SSSR count). The number of carbonyl (C=O) groups excluding carboxylic acids is 1. The predicted molar refractivity (Wildman–Crippen MR) is 99.0 cm³/mol. The Morgan fingerprint density at radius 2 is 2.16 bits per heavy atom. The average Bonchev–Trinajstić information content (AvgIpc) is 2.88. The lowest BCUT2D eigenvalue weighted by molar-refractivity contribution is 0.0954. The van der Waals surface area contributed by atoms with Crippen LogP contribution in [0.15, 0.2) is 18.2 Å². The van der Waals surface area contributed by atoms with Crippen molar-refractivity contribution in [3.8, 4) is 0 Å². The van der Waals surface area contributed by atoms with Crippen LogP contribution in [-0.2, 0) is 23.0 Å². The number of carbonyl (C=O) groups is 1. The summed E-state index contributed by atoms with van der Waals surface area (Å²) in [5.41, 5.74) is 0.452. The van der Waals surface area contributed by atoms with Crippen LogP contribution in [0.1, 0.15) is 23.1 Å². The minimum absolute atomic E-state index is 0.156. The van der Waals surface area contributed by atoms with Crippen LogP contribution in [-0.4, -0.2) is 41.9 Å². The fourth-order valence-electron chi connectivity index (χ4n) is 2.20. The third-order valence-electron chi connectivity index (χ3n) is 3.31. The molecular weight excluding hydrogens is 386 g/mol. The molecule has 0 aliphatic rings. The highest BCUT2D eigenvalue weighted by Crippen LogP contribution is 2.23. The predicted octanol–water partition coefficient (Wildman–Crippen LogP) is 1.96. The molecule has 0 radical (unpaired) electrons. The van der Waals surface area contributed by atoms with Gasteiger partial charge in [0, 0.05) is 25.1 Å². The smallest absolute Gasteiger partial charge is 0.251 e. The van der Waals surface area contributed by atoms with Gasteiger partial charge in [-0.05, 0) is 37.3 Å². The van der Waals surface area contributed by atoms with Crippen LogP contribution in [0.3, 0.4) is 0 Å². The zero-order valence-electron chi connectivity index (χ0n) is 13.7. The zero-order chi connectivity index (χ0) is 18.6. The van der Waals surface area contributed by atoms with Crippen LogP contribution < -0.4 is 10.0 Å². The summed E-state index contributed by atoms with van der Waals surface area (Å²) in [6.07, 6.45) is 1.52. The van der Waals surface area contributed by atoms with Gasteiger partial charge in [-0.15, -0.1) is 0 Å². The minimum atomic E-state index is -3.49. The third kappa shape index (κ3) is 5.28. The molecule has 0 atom stereocenters. The second kappa shape index (κ2) is 7.98. The minimum Gasteiger partial charge on any atom is -0.352 e. The number of halogens is 1. The maximum absolute atomic E-state index is 12.2.